The Hall–Kier alpha value is -0.0551. The van der Waals surface area contributed by atoms with E-state index in [9.17, 15) is 0 Å². The van der Waals surface area contributed by atoms with Crippen molar-refractivity contribution >= 4 is 7.32 Å². The first kappa shape index (κ1) is 11.0. The van der Waals surface area contributed by atoms with Crippen LogP contribution >= 0.6 is 0 Å². The lowest BCUT2D eigenvalue weighted by Crippen LogP contribution is -2.48. The summed E-state index contributed by atoms with van der Waals surface area (Å²) < 4.78 is 16.6. The maximum Gasteiger partial charge on any atom is 0.640 e. The Labute approximate surface area is 80.9 Å². The summed E-state index contributed by atoms with van der Waals surface area (Å²) in [7, 11) is -0.501. The third-order valence-corrected chi connectivity index (χ3v) is 1.92. The predicted molar refractivity (Wildman–Crippen MR) is 52.3 cm³/mol. The Balaban J connectivity index is 2.48. The zero-order valence-corrected chi connectivity index (χ0v) is 9.16. The second kappa shape index (κ2) is 3.99. The molecule has 0 spiro atoms. The average molecular weight is 186 g/mol. The Morgan fingerprint density at radius 3 is 2.54 bits per heavy atom. The maximum atomic E-state index is 5.61. The molecule has 0 radical (unpaired) electrons. The van der Waals surface area contributed by atoms with Crippen LogP contribution in [0.25, 0.3) is 0 Å². The van der Waals surface area contributed by atoms with Gasteiger partial charge in [0, 0.05) is 12.2 Å². The molecule has 1 fully saturated rings. The first-order valence-corrected chi connectivity index (χ1v) is 4.88. The van der Waals surface area contributed by atoms with Crippen molar-refractivity contribution in [2.24, 2.45) is 0 Å². The zero-order valence-electron chi connectivity index (χ0n) is 9.16. The molecule has 0 unspecified atom stereocenters. The minimum Gasteiger partial charge on any atom is -0.384 e. The molecule has 0 aromatic carbocycles. The summed E-state index contributed by atoms with van der Waals surface area (Å²) >= 11 is 0. The lowest BCUT2D eigenvalue weighted by Gasteiger charge is -2.37. The van der Waals surface area contributed by atoms with E-state index in [4.69, 9.17) is 14.0 Å². The average Bonchev–Trinajstić information content (AvgIpc) is 1.78. The van der Waals surface area contributed by atoms with Gasteiger partial charge in [0.15, 0.2) is 0 Å². The van der Waals surface area contributed by atoms with E-state index < -0.39 is 7.32 Å². The zero-order chi connectivity index (χ0) is 10.1. The second-order valence-electron chi connectivity index (χ2n) is 4.50. The van der Waals surface area contributed by atoms with Crippen molar-refractivity contribution in [1.29, 1.82) is 0 Å². The van der Waals surface area contributed by atoms with E-state index in [0.29, 0.717) is 0 Å². The fourth-order valence-electron chi connectivity index (χ4n) is 1.55. The molecule has 1 heterocycles. The maximum absolute atomic E-state index is 5.61. The molecule has 1 aliphatic rings. The smallest absolute Gasteiger partial charge is 0.384 e. The van der Waals surface area contributed by atoms with Crippen LogP contribution in [0.3, 0.4) is 0 Å². The van der Waals surface area contributed by atoms with Crippen LogP contribution in [-0.4, -0.2) is 25.1 Å². The van der Waals surface area contributed by atoms with E-state index >= 15 is 0 Å². The molecule has 0 N–H and O–H groups in total. The van der Waals surface area contributed by atoms with Crippen LogP contribution in [0.15, 0.2) is 0 Å². The van der Waals surface area contributed by atoms with Crippen molar-refractivity contribution < 1.29 is 14.0 Å². The summed E-state index contributed by atoms with van der Waals surface area (Å²) in [5.74, 6) is 0. The van der Waals surface area contributed by atoms with Crippen LogP contribution in [0.1, 0.15) is 41.0 Å². The van der Waals surface area contributed by atoms with Gasteiger partial charge < -0.3 is 14.0 Å². The fraction of sp³-hybridized carbons (Fsp3) is 1.00. The number of hydrogen-bond donors (Lipinski definition) is 0. The minimum absolute atomic E-state index is 0.131. The van der Waals surface area contributed by atoms with Gasteiger partial charge in [-0.3, -0.25) is 0 Å². The molecule has 3 nitrogen and oxygen atoms in total. The van der Waals surface area contributed by atoms with Crippen molar-refractivity contribution in [3.63, 3.8) is 0 Å². The third kappa shape index (κ3) is 3.67. The lowest BCUT2D eigenvalue weighted by atomic mass is 9.95. The summed E-state index contributed by atoms with van der Waals surface area (Å²) in [6, 6.07) is 0. The summed E-state index contributed by atoms with van der Waals surface area (Å²) in [5, 5.41) is 0. The SMILES string of the molecule is CC(C)OB1O[C@H](C)CC(C)(C)O1. The van der Waals surface area contributed by atoms with Gasteiger partial charge in [0.2, 0.25) is 0 Å². The lowest BCUT2D eigenvalue weighted by molar-refractivity contribution is -0.0755. The molecule has 0 aromatic heterocycles. The van der Waals surface area contributed by atoms with Crippen molar-refractivity contribution in [3.05, 3.63) is 0 Å². The van der Waals surface area contributed by atoms with E-state index in [2.05, 4.69) is 13.8 Å². The molecule has 13 heavy (non-hydrogen) atoms. The van der Waals surface area contributed by atoms with Crippen molar-refractivity contribution in [1.82, 2.24) is 0 Å². The second-order valence-corrected chi connectivity index (χ2v) is 4.50. The highest BCUT2D eigenvalue weighted by molar-refractivity contribution is 6.36. The first-order chi connectivity index (χ1) is 5.89. The van der Waals surface area contributed by atoms with Gasteiger partial charge in [0.25, 0.3) is 0 Å². The Morgan fingerprint density at radius 1 is 1.46 bits per heavy atom. The molecular weight excluding hydrogens is 167 g/mol. The molecular formula is C9H19BO3. The molecule has 4 heteroatoms. The van der Waals surface area contributed by atoms with Gasteiger partial charge in [0.05, 0.1) is 5.60 Å². The number of rotatable bonds is 2. The molecule has 0 saturated carbocycles. The van der Waals surface area contributed by atoms with Crippen molar-refractivity contribution in [2.45, 2.75) is 58.8 Å². The molecule has 1 saturated heterocycles. The van der Waals surface area contributed by atoms with E-state index in [-0.39, 0.29) is 17.8 Å². The van der Waals surface area contributed by atoms with Gasteiger partial charge in [-0.25, -0.2) is 0 Å². The summed E-state index contributed by atoms with van der Waals surface area (Å²) in [6.45, 7) is 10.1. The van der Waals surface area contributed by atoms with Crippen LogP contribution < -0.4 is 0 Å². The molecule has 76 valence electrons. The molecule has 0 aromatic rings. The third-order valence-electron chi connectivity index (χ3n) is 1.92. The molecule has 0 amide bonds. The molecule has 1 aliphatic heterocycles. The van der Waals surface area contributed by atoms with Gasteiger partial charge in [-0.1, -0.05) is 0 Å². The van der Waals surface area contributed by atoms with Crippen LogP contribution in [0.2, 0.25) is 0 Å². The van der Waals surface area contributed by atoms with Crippen LogP contribution in [-0.2, 0) is 14.0 Å². The van der Waals surface area contributed by atoms with Gasteiger partial charge in [-0.05, 0) is 41.0 Å². The topological polar surface area (TPSA) is 27.7 Å². The van der Waals surface area contributed by atoms with Crippen LogP contribution in [0.4, 0.5) is 0 Å². The summed E-state index contributed by atoms with van der Waals surface area (Å²) in [4.78, 5) is 0. The summed E-state index contributed by atoms with van der Waals surface area (Å²) in [6.07, 6.45) is 1.24. The van der Waals surface area contributed by atoms with Gasteiger partial charge >= 0.3 is 7.32 Å². The predicted octanol–water partition coefficient (Wildman–Crippen LogP) is 2.00. The van der Waals surface area contributed by atoms with E-state index in [1.165, 1.54) is 0 Å². The molecule has 0 aliphatic carbocycles. The molecule has 1 rings (SSSR count). The molecule has 0 bridgehead atoms. The highest BCUT2D eigenvalue weighted by Crippen LogP contribution is 2.26. The fourth-order valence-corrected chi connectivity index (χ4v) is 1.55. The monoisotopic (exact) mass is 186 g/mol. The first-order valence-electron chi connectivity index (χ1n) is 4.88. The van der Waals surface area contributed by atoms with E-state index in [1.807, 2.05) is 20.8 Å². The highest BCUT2D eigenvalue weighted by atomic mass is 16.8. The van der Waals surface area contributed by atoms with E-state index in [1.54, 1.807) is 0 Å². The quantitative estimate of drug-likeness (QED) is 0.617. The van der Waals surface area contributed by atoms with Gasteiger partial charge in [0.1, 0.15) is 0 Å². The van der Waals surface area contributed by atoms with Crippen molar-refractivity contribution in [2.75, 3.05) is 0 Å². The van der Waals surface area contributed by atoms with Gasteiger partial charge in [-0.2, -0.15) is 0 Å². The van der Waals surface area contributed by atoms with Crippen LogP contribution in [0, 0.1) is 0 Å². The Bertz CT molecular complexity index is 168. The Morgan fingerprint density at radius 2 is 2.08 bits per heavy atom. The standard InChI is InChI=1S/C9H19BO3/c1-7(2)11-10-12-8(3)6-9(4,5)13-10/h7-8H,6H2,1-5H3/t8-/m1/s1. The van der Waals surface area contributed by atoms with Crippen molar-refractivity contribution in [3.8, 4) is 0 Å². The Kier molecular flexibility index (Phi) is 3.38. The minimum atomic E-state index is -0.501. The highest BCUT2D eigenvalue weighted by Gasteiger charge is 2.39. The van der Waals surface area contributed by atoms with E-state index in [0.717, 1.165) is 6.42 Å². The number of hydrogen-bond acceptors (Lipinski definition) is 3. The largest absolute Gasteiger partial charge is 0.640 e. The molecule has 1 atom stereocenters. The normalized spacial score (nSPS) is 28.2. The van der Waals surface area contributed by atoms with Gasteiger partial charge in [-0.15, -0.1) is 0 Å². The van der Waals surface area contributed by atoms with Crippen LogP contribution in [0.5, 0.6) is 0 Å². The summed E-state index contributed by atoms with van der Waals surface area (Å²) in [5.41, 5.74) is -0.142.